The summed E-state index contributed by atoms with van der Waals surface area (Å²) in [5, 5.41) is 4.81. The van der Waals surface area contributed by atoms with E-state index in [1.807, 2.05) is 0 Å². The van der Waals surface area contributed by atoms with E-state index in [0.717, 1.165) is 0 Å². The third-order valence-electron chi connectivity index (χ3n) is 3.09. The molecule has 1 aromatic heterocycles. The van der Waals surface area contributed by atoms with Gasteiger partial charge in [0.25, 0.3) is 0 Å². The number of benzene rings is 2. The third kappa shape index (κ3) is 3.93. The van der Waals surface area contributed by atoms with Crippen molar-refractivity contribution in [2.75, 3.05) is 0 Å². The first-order valence-corrected chi connectivity index (χ1v) is 9.02. The molecule has 0 unspecified atom stereocenters. The third-order valence-corrected chi connectivity index (χ3v) is 4.99. The number of halogens is 2. The number of nitrogens with zero attached hydrogens (tertiary/aromatic N) is 2. The summed E-state index contributed by atoms with van der Waals surface area (Å²) in [6, 6.07) is 12.8. The first kappa shape index (κ1) is 16.9. The molecule has 0 fully saturated rings. The fourth-order valence-corrected chi connectivity index (χ4v) is 3.22. The lowest BCUT2D eigenvalue weighted by Crippen LogP contribution is -2.23. The van der Waals surface area contributed by atoms with Gasteiger partial charge in [-0.1, -0.05) is 40.5 Å². The van der Waals surface area contributed by atoms with Crippen LogP contribution in [-0.2, 0) is 16.6 Å². The quantitative estimate of drug-likeness (QED) is 0.728. The molecule has 9 heteroatoms. The molecule has 124 valence electrons. The van der Waals surface area contributed by atoms with Gasteiger partial charge in [0.05, 0.1) is 11.4 Å². The second kappa shape index (κ2) is 6.90. The van der Waals surface area contributed by atoms with Gasteiger partial charge in [0.1, 0.15) is 0 Å². The van der Waals surface area contributed by atoms with Crippen LogP contribution < -0.4 is 4.72 Å². The smallest absolute Gasteiger partial charge is 0.242 e. The average Bonchev–Trinajstić information content (AvgIpc) is 3.03. The second-order valence-electron chi connectivity index (χ2n) is 4.80. The Labute approximate surface area is 148 Å². The van der Waals surface area contributed by atoms with Gasteiger partial charge in [0.2, 0.25) is 21.7 Å². The number of hydrogen-bond donors (Lipinski definition) is 1. The van der Waals surface area contributed by atoms with Gasteiger partial charge in [-0.15, -0.1) is 0 Å². The molecular formula is C15H11Cl2N3O3S. The molecule has 0 aliphatic heterocycles. The number of hydrogen-bond acceptors (Lipinski definition) is 5. The van der Waals surface area contributed by atoms with Crippen molar-refractivity contribution in [3.63, 3.8) is 0 Å². The van der Waals surface area contributed by atoms with Crippen LogP contribution in [0.2, 0.25) is 10.0 Å². The minimum absolute atomic E-state index is 0.0986. The molecule has 0 bridgehead atoms. The molecule has 1 N–H and O–H groups in total. The highest BCUT2D eigenvalue weighted by Crippen LogP contribution is 2.20. The molecule has 0 aliphatic carbocycles. The van der Waals surface area contributed by atoms with Crippen LogP contribution in [0, 0.1) is 0 Å². The van der Waals surface area contributed by atoms with Gasteiger partial charge >= 0.3 is 0 Å². The van der Waals surface area contributed by atoms with E-state index >= 15 is 0 Å². The fourth-order valence-electron chi connectivity index (χ4n) is 1.93. The highest BCUT2D eigenvalue weighted by atomic mass is 35.5. The topological polar surface area (TPSA) is 85.1 Å². The van der Waals surface area contributed by atoms with Crippen LogP contribution in [0.5, 0.6) is 0 Å². The first-order valence-electron chi connectivity index (χ1n) is 6.78. The molecular weight excluding hydrogens is 373 g/mol. The van der Waals surface area contributed by atoms with E-state index in [-0.39, 0.29) is 17.3 Å². The van der Waals surface area contributed by atoms with E-state index in [0.29, 0.717) is 21.4 Å². The van der Waals surface area contributed by atoms with Gasteiger partial charge < -0.3 is 4.52 Å². The van der Waals surface area contributed by atoms with Crippen LogP contribution in [0.1, 0.15) is 5.89 Å². The van der Waals surface area contributed by atoms with Crippen LogP contribution in [-0.4, -0.2) is 18.6 Å². The van der Waals surface area contributed by atoms with Crippen molar-refractivity contribution < 1.29 is 12.9 Å². The lowest BCUT2D eigenvalue weighted by molar-refractivity contribution is 0.376. The second-order valence-corrected chi connectivity index (χ2v) is 7.44. The monoisotopic (exact) mass is 383 g/mol. The standard InChI is InChI=1S/C15H11Cl2N3O3S/c16-11-4-6-13(7-5-11)24(21,22)18-9-14-19-15(20-23-14)10-2-1-3-12(17)8-10/h1-8,18H,9H2. The number of nitrogens with one attached hydrogen (secondary N) is 1. The molecule has 6 nitrogen and oxygen atoms in total. The molecule has 0 atom stereocenters. The highest BCUT2D eigenvalue weighted by Gasteiger charge is 2.16. The zero-order chi connectivity index (χ0) is 17.2. The Kier molecular flexibility index (Phi) is 4.86. The predicted octanol–water partition coefficient (Wildman–Crippen LogP) is 3.52. The van der Waals surface area contributed by atoms with Crippen molar-refractivity contribution >= 4 is 33.2 Å². The number of sulfonamides is 1. The number of aromatic nitrogens is 2. The lowest BCUT2D eigenvalue weighted by atomic mass is 10.2. The van der Waals surface area contributed by atoms with Crippen molar-refractivity contribution in [3.8, 4) is 11.4 Å². The Morgan fingerprint density at radius 3 is 2.50 bits per heavy atom. The summed E-state index contributed by atoms with van der Waals surface area (Å²) in [5.74, 6) is 0.473. The van der Waals surface area contributed by atoms with Gasteiger partial charge in [-0.25, -0.2) is 13.1 Å². The first-order chi connectivity index (χ1) is 11.4. The maximum atomic E-state index is 12.2. The van der Waals surface area contributed by atoms with Crippen molar-refractivity contribution in [1.82, 2.24) is 14.9 Å². The van der Waals surface area contributed by atoms with Crippen molar-refractivity contribution in [1.29, 1.82) is 0 Å². The summed E-state index contributed by atoms with van der Waals surface area (Å²) < 4.78 is 31.8. The lowest BCUT2D eigenvalue weighted by Gasteiger charge is -2.04. The summed E-state index contributed by atoms with van der Waals surface area (Å²) in [6.07, 6.45) is 0. The van der Waals surface area contributed by atoms with Crippen molar-refractivity contribution in [3.05, 3.63) is 64.5 Å². The van der Waals surface area contributed by atoms with Crippen LogP contribution in [0.15, 0.2) is 57.9 Å². The molecule has 1 heterocycles. The molecule has 3 rings (SSSR count). The van der Waals surface area contributed by atoms with Crippen LogP contribution in [0.25, 0.3) is 11.4 Å². The molecule has 0 amide bonds. The van der Waals surface area contributed by atoms with Gasteiger partial charge in [0.15, 0.2) is 0 Å². The molecule has 2 aromatic carbocycles. The van der Waals surface area contributed by atoms with Gasteiger partial charge in [0, 0.05) is 15.6 Å². The average molecular weight is 384 g/mol. The molecule has 0 saturated carbocycles. The van der Waals surface area contributed by atoms with E-state index < -0.39 is 10.0 Å². The van der Waals surface area contributed by atoms with E-state index in [1.165, 1.54) is 24.3 Å². The Balaban J connectivity index is 1.72. The minimum atomic E-state index is -3.69. The number of rotatable bonds is 5. The SMILES string of the molecule is O=S(=O)(NCc1nc(-c2cccc(Cl)c2)no1)c1ccc(Cl)cc1. The summed E-state index contributed by atoms with van der Waals surface area (Å²) in [5.41, 5.74) is 0.679. The van der Waals surface area contributed by atoms with Crippen LogP contribution in [0.3, 0.4) is 0 Å². The summed E-state index contributed by atoms with van der Waals surface area (Å²) in [6.45, 7) is -0.126. The summed E-state index contributed by atoms with van der Waals surface area (Å²) in [4.78, 5) is 4.25. The van der Waals surface area contributed by atoms with E-state index in [1.54, 1.807) is 24.3 Å². The molecule has 24 heavy (non-hydrogen) atoms. The highest BCUT2D eigenvalue weighted by molar-refractivity contribution is 7.89. The van der Waals surface area contributed by atoms with Crippen LogP contribution in [0.4, 0.5) is 0 Å². The van der Waals surface area contributed by atoms with E-state index in [9.17, 15) is 8.42 Å². The van der Waals surface area contributed by atoms with Crippen molar-refractivity contribution in [2.24, 2.45) is 0 Å². The predicted molar refractivity (Wildman–Crippen MR) is 90.2 cm³/mol. The fraction of sp³-hybridized carbons (Fsp3) is 0.0667. The van der Waals surface area contributed by atoms with Gasteiger partial charge in [-0.2, -0.15) is 4.98 Å². The Morgan fingerprint density at radius 1 is 1.04 bits per heavy atom. The van der Waals surface area contributed by atoms with Crippen molar-refractivity contribution in [2.45, 2.75) is 11.4 Å². The molecule has 0 aliphatic rings. The summed E-state index contributed by atoms with van der Waals surface area (Å²) >= 11 is 11.7. The molecule has 3 aromatic rings. The Hall–Kier alpha value is -1.93. The normalized spacial score (nSPS) is 11.6. The largest absolute Gasteiger partial charge is 0.338 e. The molecule has 0 radical (unpaired) electrons. The maximum Gasteiger partial charge on any atom is 0.242 e. The van der Waals surface area contributed by atoms with E-state index in [4.69, 9.17) is 27.7 Å². The van der Waals surface area contributed by atoms with Gasteiger partial charge in [-0.3, -0.25) is 0 Å². The molecule has 0 spiro atoms. The zero-order valence-corrected chi connectivity index (χ0v) is 14.4. The molecule has 0 saturated heterocycles. The van der Waals surface area contributed by atoms with Crippen LogP contribution >= 0.6 is 23.2 Å². The minimum Gasteiger partial charge on any atom is -0.338 e. The van der Waals surface area contributed by atoms with Gasteiger partial charge in [-0.05, 0) is 36.4 Å². The maximum absolute atomic E-state index is 12.2. The summed E-state index contributed by atoms with van der Waals surface area (Å²) in [7, 11) is -3.69. The zero-order valence-electron chi connectivity index (χ0n) is 12.1. The Morgan fingerprint density at radius 2 is 1.79 bits per heavy atom. The Bertz CT molecular complexity index is 956. The van der Waals surface area contributed by atoms with E-state index in [2.05, 4.69) is 14.9 Å².